The first-order chi connectivity index (χ1) is 9.29. The second-order valence-corrected chi connectivity index (χ2v) is 6.43. The minimum atomic E-state index is -0.0538. The molecule has 0 spiro atoms. The van der Waals surface area contributed by atoms with E-state index in [9.17, 15) is 4.39 Å². The molecule has 104 valence electrons. The van der Waals surface area contributed by atoms with Crippen molar-refractivity contribution < 1.29 is 4.39 Å². The second kappa shape index (κ2) is 5.82. The van der Waals surface area contributed by atoms with Gasteiger partial charge in [-0.3, -0.25) is 0 Å². The van der Waals surface area contributed by atoms with Crippen LogP contribution in [0.25, 0.3) is 0 Å². The monoisotopic (exact) mass is 325 g/mol. The van der Waals surface area contributed by atoms with Gasteiger partial charge in [0.25, 0.3) is 0 Å². The fraction of sp³-hybridized carbons (Fsp3) is 0.625. The quantitative estimate of drug-likeness (QED) is 0.716. The second-order valence-electron chi connectivity index (χ2n) is 5.87. The lowest BCUT2D eigenvalue weighted by atomic mass is 9.95. The summed E-state index contributed by atoms with van der Waals surface area (Å²) in [5.41, 5.74) is 1.83. The molecule has 2 fully saturated rings. The van der Waals surface area contributed by atoms with Crippen LogP contribution in [0.1, 0.15) is 44.1 Å². The Morgan fingerprint density at radius 3 is 2.63 bits per heavy atom. The maximum atomic E-state index is 14.3. The fourth-order valence-corrected chi connectivity index (χ4v) is 4.14. The van der Waals surface area contributed by atoms with Crippen molar-refractivity contribution in [3.05, 3.63) is 29.6 Å². The molecule has 0 amide bonds. The fourth-order valence-electron chi connectivity index (χ4n) is 3.79. The first-order valence-electron chi connectivity index (χ1n) is 7.40. The summed E-state index contributed by atoms with van der Waals surface area (Å²) in [6.45, 7) is 1.02. The first kappa shape index (κ1) is 13.4. The summed E-state index contributed by atoms with van der Waals surface area (Å²) in [4.78, 5) is 2.34. The molecule has 0 aromatic heterocycles. The summed E-state index contributed by atoms with van der Waals surface area (Å²) in [6, 6.07) is 6.26. The molecule has 1 unspecified atom stereocenters. The van der Waals surface area contributed by atoms with Crippen LogP contribution in [0.3, 0.4) is 0 Å². The molecule has 1 aromatic rings. The van der Waals surface area contributed by atoms with Crippen molar-refractivity contribution in [3.63, 3.8) is 0 Å². The summed E-state index contributed by atoms with van der Waals surface area (Å²) in [7, 11) is 0. The summed E-state index contributed by atoms with van der Waals surface area (Å²) < 4.78 is 14.3. The molecule has 0 bridgehead atoms. The van der Waals surface area contributed by atoms with E-state index in [2.05, 4.69) is 20.8 Å². The molecule has 3 rings (SSSR count). The zero-order valence-corrected chi connectivity index (χ0v) is 12.8. The van der Waals surface area contributed by atoms with Crippen molar-refractivity contribution in [1.82, 2.24) is 0 Å². The van der Waals surface area contributed by atoms with Gasteiger partial charge < -0.3 is 4.90 Å². The van der Waals surface area contributed by atoms with E-state index in [1.165, 1.54) is 38.5 Å². The van der Waals surface area contributed by atoms with Crippen molar-refractivity contribution in [1.29, 1.82) is 0 Å². The Labute approximate surface area is 123 Å². The number of benzene rings is 1. The largest absolute Gasteiger partial charge is 0.366 e. The van der Waals surface area contributed by atoms with Crippen molar-refractivity contribution in [2.75, 3.05) is 11.4 Å². The molecule has 1 aromatic carbocycles. The summed E-state index contributed by atoms with van der Waals surface area (Å²) in [6.07, 6.45) is 7.84. The van der Waals surface area contributed by atoms with Gasteiger partial charge in [0, 0.05) is 17.9 Å². The molecular formula is C16H21BrFN. The number of anilines is 1. The first-order valence-corrected chi connectivity index (χ1v) is 8.53. The minimum Gasteiger partial charge on any atom is -0.366 e. The highest BCUT2D eigenvalue weighted by atomic mass is 79.9. The highest BCUT2D eigenvalue weighted by Gasteiger charge is 2.34. The van der Waals surface area contributed by atoms with Crippen LogP contribution in [0.15, 0.2) is 18.2 Å². The van der Waals surface area contributed by atoms with Gasteiger partial charge in [-0.1, -0.05) is 34.8 Å². The number of nitrogens with zero attached hydrogens (tertiary/aromatic N) is 1. The third-order valence-corrected chi connectivity index (χ3v) is 5.37. The van der Waals surface area contributed by atoms with E-state index in [1.54, 1.807) is 6.07 Å². The van der Waals surface area contributed by atoms with Crippen LogP contribution < -0.4 is 4.90 Å². The van der Waals surface area contributed by atoms with E-state index in [-0.39, 0.29) is 5.82 Å². The standard InChI is InChI=1S/C16H21BrFN/c17-11-12-7-8-16(14(18)10-12)19-9-3-6-15(19)13-4-1-2-5-13/h7-8,10,13,15H,1-6,9,11H2. The van der Waals surface area contributed by atoms with Gasteiger partial charge >= 0.3 is 0 Å². The zero-order chi connectivity index (χ0) is 13.2. The van der Waals surface area contributed by atoms with Crippen molar-refractivity contribution in [3.8, 4) is 0 Å². The van der Waals surface area contributed by atoms with Gasteiger partial charge in [0.2, 0.25) is 0 Å². The van der Waals surface area contributed by atoms with Gasteiger partial charge in [0.1, 0.15) is 5.82 Å². The number of alkyl halides is 1. The molecule has 0 N–H and O–H groups in total. The molecule has 1 aliphatic heterocycles. The van der Waals surface area contributed by atoms with Gasteiger partial charge in [-0.05, 0) is 49.3 Å². The molecular weight excluding hydrogens is 305 g/mol. The highest BCUT2D eigenvalue weighted by molar-refractivity contribution is 9.08. The summed E-state index contributed by atoms with van der Waals surface area (Å²) in [5, 5.41) is 0.719. The summed E-state index contributed by atoms with van der Waals surface area (Å²) >= 11 is 3.39. The molecule has 1 atom stereocenters. The average molecular weight is 326 g/mol. The molecule has 1 nitrogen and oxygen atoms in total. The van der Waals surface area contributed by atoms with Crippen LogP contribution in [0.2, 0.25) is 0 Å². The average Bonchev–Trinajstić information content (AvgIpc) is 3.08. The Kier molecular flexibility index (Phi) is 4.11. The highest BCUT2D eigenvalue weighted by Crippen LogP contribution is 2.38. The molecule has 0 radical (unpaired) electrons. The Morgan fingerprint density at radius 2 is 1.95 bits per heavy atom. The minimum absolute atomic E-state index is 0.0538. The van der Waals surface area contributed by atoms with Gasteiger partial charge in [-0.25, -0.2) is 4.39 Å². The van der Waals surface area contributed by atoms with E-state index >= 15 is 0 Å². The van der Waals surface area contributed by atoms with E-state index in [4.69, 9.17) is 0 Å². The predicted molar refractivity (Wildman–Crippen MR) is 81.4 cm³/mol. The van der Waals surface area contributed by atoms with Crippen LogP contribution in [-0.2, 0) is 5.33 Å². The smallest absolute Gasteiger partial charge is 0.146 e. The molecule has 3 heteroatoms. The maximum Gasteiger partial charge on any atom is 0.146 e. The van der Waals surface area contributed by atoms with Crippen molar-refractivity contribution >= 4 is 21.6 Å². The lowest BCUT2D eigenvalue weighted by Crippen LogP contribution is -2.35. The van der Waals surface area contributed by atoms with Gasteiger partial charge in [-0.15, -0.1) is 0 Å². The number of hydrogen-bond acceptors (Lipinski definition) is 1. The normalized spacial score (nSPS) is 24.3. The molecule has 1 saturated heterocycles. The molecule has 1 aliphatic carbocycles. The predicted octanol–water partition coefficient (Wildman–Crippen LogP) is 4.88. The Morgan fingerprint density at radius 1 is 1.16 bits per heavy atom. The van der Waals surface area contributed by atoms with Crippen LogP contribution in [-0.4, -0.2) is 12.6 Å². The lowest BCUT2D eigenvalue weighted by molar-refractivity contribution is 0.427. The van der Waals surface area contributed by atoms with Crippen LogP contribution in [0, 0.1) is 11.7 Å². The third-order valence-electron chi connectivity index (χ3n) is 4.72. The molecule has 19 heavy (non-hydrogen) atoms. The molecule has 1 heterocycles. The van der Waals surface area contributed by atoms with Crippen LogP contribution in [0.4, 0.5) is 10.1 Å². The van der Waals surface area contributed by atoms with Gasteiger partial charge in [0.15, 0.2) is 0 Å². The van der Waals surface area contributed by atoms with Crippen LogP contribution >= 0.6 is 15.9 Å². The van der Waals surface area contributed by atoms with Crippen LogP contribution in [0.5, 0.6) is 0 Å². The lowest BCUT2D eigenvalue weighted by Gasteiger charge is -2.31. The van der Waals surface area contributed by atoms with E-state index in [1.807, 2.05) is 12.1 Å². The topological polar surface area (TPSA) is 3.24 Å². The Hall–Kier alpha value is -0.570. The Bertz CT molecular complexity index is 442. The zero-order valence-electron chi connectivity index (χ0n) is 11.2. The number of halogens is 2. The third kappa shape index (κ3) is 2.67. The van der Waals surface area contributed by atoms with E-state index in [0.29, 0.717) is 6.04 Å². The summed E-state index contributed by atoms with van der Waals surface area (Å²) in [5.74, 6) is 0.736. The van der Waals surface area contributed by atoms with Crippen molar-refractivity contribution in [2.45, 2.75) is 49.9 Å². The maximum absolute atomic E-state index is 14.3. The van der Waals surface area contributed by atoms with Crippen molar-refractivity contribution in [2.24, 2.45) is 5.92 Å². The molecule has 1 saturated carbocycles. The Balaban J connectivity index is 1.83. The van der Waals surface area contributed by atoms with Gasteiger partial charge in [0.05, 0.1) is 5.69 Å². The van der Waals surface area contributed by atoms with E-state index < -0.39 is 0 Å². The number of rotatable bonds is 3. The van der Waals surface area contributed by atoms with E-state index in [0.717, 1.165) is 29.0 Å². The number of hydrogen-bond donors (Lipinski definition) is 0. The molecule has 2 aliphatic rings. The van der Waals surface area contributed by atoms with Gasteiger partial charge in [-0.2, -0.15) is 0 Å². The SMILES string of the molecule is Fc1cc(CBr)ccc1N1CCCC1C1CCCC1.